The van der Waals surface area contributed by atoms with Crippen LogP contribution in [0.2, 0.25) is 0 Å². The van der Waals surface area contributed by atoms with Gasteiger partial charge >= 0.3 is 0 Å². The molecule has 0 aliphatic rings. The van der Waals surface area contributed by atoms with Gasteiger partial charge in [0, 0.05) is 25.3 Å². The molecule has 1 N–H and O–H groups in total. The number of hydrogen-bond acceptors (Lipinski definition) is 2. The second kappa shape index (κ2) is 8.88. The maximum Gasteiger partial charge on any atom is 0.224 e. The van der Waals surface area contributed by atoms with Crippen molar-refractivity contribution in [2.45, 2.75) is 53.0 Å². The first-order valence-corrected chi connectivity index (χ1v) is 9.53. The molecule has 0 aliphatic carbocycles. The van der Waals surface area contributed by atoms with Gasteiger partial charge in [0.05, 0.1) is 6.42 Å². The molecule has 1 amide bonds. The van der Waals surface area contributed by atoms with Crippen molar-refractivity contribution in [3.63, 3.8) is 0 Å². The van der Waals surface area contributed by atoms with Gasteiger partial charge in [-0.3, -0.25) is 4.79 Å². The highest BCUT2D eigenvalue weighted by Gasteiger charge is 2.13. The van der Waals surface area contributed by atoms with Crippen molar-refractivity contribution >= 4 is 11.6 Å². The number of amides is 1. The van der Waals surface area contributed by atoms with E-state index in [0.29, 0.717) is 13.0 Å². The Bertz CT molecular complexity index is 692. The Hall–Kier alpha value is -2.29. The zero-order chi connectivity index (χ0) is 19.2. The zero-order valence-electron chi connectivity index (χ0n) is 16.8. The lowest BCUT2D eigenvalue weighted by Gasteiger charge is -2.21. The standard InChI is InChI=1S/C23H32N2O/c1-6-25(7-2)21-14-10-18(11-15-21)16-22(26)24-17-19-8-12-20(13-9-19)23(3,4)5/h8-15H,6-7,16-17H2,1-5H3,(H,24,26). The molecule has 0 radical (unpaired) electrons. The molecule has 2 aromatic rings. The predicted molar refractivity (Wildman–Crippen MR) is 111 cm³/mol. The van der Waals surface area contributed by atoms with Crippen LogP contribution in [-0.2, 0) is 23.2 Å². The van der Waals surface area contributed by atoms with Crippen LogP contribution < -0.4 is 10.2 Å². The summed E-state index contributed by atoms with van der Waals surface area (Å²) in [5.41, 5.74) is 4.84. The van der Waals surface area contributed by atoms with Crippen molar-refractivity contribution in [2.75, 3.05) is 18.0 Å². The Balaban J connectivity index is 1.87. The van der Waals surface area contributed by atoms with Gasteiger partial charge < -0.3 is 10.2 Å². The largest absolute Gasteiger partial charge is 0.372 e. The monoisotopic (exact) mass is 352 g/mol. The molecule has 140 valence electrons. The lowest BCUT2D eigenvalue weighted by atomic mass is 9.87. The first-order valence-electron chi connectivity index (χ1n) is 9.53. The van der Waals surface area contributed by atoms with Crippen molar-refractivity contribution in [2.24, 2.45) is 0 Å². The summed E-state index contributed by atoms with van der Waals surface area (Å²) in [5.74, 6) is 0.0560. The van der Waals surface area contributed by atoms with E-state index in [9.17, 15) is 4.79 Å². The van der Waals surface area contributed by atoms with Crippen LogP contribution in [0.4, 0.5) is 5.69 Å². The van der Waals surface area contributed by atoms with Crippen LogP contribution in [-0.4, -0.2) is 19.0 Å². The molecule has 0 bridgehead atoms. The minimum Gasteiger partial charge on any atom is -0.372 e. The SMILES string of the molecule is CCN(CC)c1ccc(CC(=O)NCc2ccc(C(C)(C)C)cc2)cc1. The fourth-order valence-electron chi connectivity index (χ4n) is 2.98. The molecular weight excluding hydrogens is 320 g/mol. The number of carbonyl (C=O) groups excluding carboxylic acids is 1. The van der Waals surface area contributed by atoms with E-state index < -0.39 is 0 Å². The van der Waals surface area contributed by atoms with Gasteiger partial charge in [-0.15, -0.1) is 0 Å². The van der Waals surface area contributed by atoms with Crippen LogP contribution >= 0.6 is 0 Å². The molecule has 0 saturated heterocycles. The number of anilines is 1. The molecule has 2 aromatic carbocycles. The highest BCUT2D eigenvalue weighted by atomic mass is 16.1. The molecule has 2 rings (SSSR count). The van der Waals surface area contributed by atoms with Gasteiger partial charge in [0.2, 0.25) is 5.91 Å². The molecule has 0 unspecified atom stereocenters. The topological polar surface area (TPSA) is 32.3 Å². The molecule has 26 heavy (non-hydrogen) atoms. The second-order valence-corrected chi connectivity index (χ2v) is 7.74. The van der Waals surface area contributed by atoms with Crippen molar-refractivity contribution in [3.8, 4) is 0 Å². The Morgan fingerprint density at radius 3 is 1.92 bits per heavy atom. The van der Waals surface area contributed by atoms with Crippen molar-refractivity contribution in [3.05, 3.63) is 65.2 Å². The molecule has 0 heterocycles. The fraction of sp³-hybridized carbons (Fsp3) is 0.435. The van der Waals surface area contributed by atoms with Gasteiger partial charge in [-0.2, -0.15) is 0 Å². The highest BCUT2D eigenvalue weighted by molar-refractivity contribution is 5.78. The maximum atomic E-state index is 12.2. The lowest BCUT2D eigenvalue weighted by molar-refractivity contribution is -0.120. The van der Waals surface area contributed by atoms with Crippen molar-refractivity contribution < 1.29 is 4.79 Å². The number of nitrogens with zero attached hydrogens (tertiary/aromatic N) is 1. The van der Waals surface area contributed by atoms with E-state index in [1.807, 2.05) is 12.1 Å². The van der Waals surface area contributed by atoms with Gasteiger partial charge in [-0.1, -0.05) is 57.2 Å². The summed E-state index contributed by atoms with van der Waals surface area (Å²) in [5, 5.41) is 3.02. The molecular formula is C23H32N2O. The molecule has 0 aromatic heterocycles. The quantitative estimate of drug-likeness (QED) is 0.784. The van der Waals surface area contributed by atoms with Gasteiger partial charge in [0.1, 0.15) is 0 Å². The van der Waals surface area contributed by atoms with Gasteiger partial charge in [-0.05, 0) is 48.1 Å². The fourth-order valence-corrected chi connectivity index (χ4v) is 2.98. The molecule has 0 fully saturated rings. The predicted octanol–water partition coefficient (Wildman–Crippen LogP) is 4.69. The van der Waals surface area contributed by atoms with Crippen molar-refractivity contribution in [1.29, 1.82) is 0 Å². The summed E-state index contributed by atoms with van der Waals surface area (Å²) in [4.78, 5) is 14.5. The summed E-state index contributed by atoms with van der Waals surface area (Å²) < 4.78 is 0. The third-order valence-corrected chi connectivity index (χ3v) is 4.74. The van der Waals surface area contributed by atoms with Crippen LogP contribution in [0.25, 0.3) is 0 Å². The van der Waals surface area contributed by atoms with Gasteiger partial charge in [0.25, 0.3) is 0 Å². The first kappa shape index (κ1) is 20.0. The van der Waals surface area contributed by atoms with Crippen LogP contribution in [0.1, 0.15) is 51.3 Å². The minimum atomic E-state index is 0.0560. The Kier molecular flexibility index (Phi) is 6.84. The number of nitrogens with one attached hydrogen (secondary N) is 1. The highest BCUT2D eigenvalue weighted by Crippen LogP contribution is 2.22. The van der Waals surface area contributed by atoms with E-state index in [1.54, 1.807) is 0 Å². The number of benzene rings is 2. The summed E-state index contributed by atoms with van der Waals surface area (Å²) in [6, 6.07) is 16.8. The van der Waals surface area contributed by atoms with E-state index >= 15 is 0 Å². The normalized spacial score (nSPS) is 11.3. The van der Waals surface area contributed by atoms with E-state index in [4.69, 9.17) is 0 Å². The lowest BCUT2D eigenvalue weighted by Crippen LogP contribution is -2.25. The molecule has 0 atom stereocenters. The van der Waals surface area contributed by atoms with Crippen LogP contribution in [0, 0.1) is 0 Å². The molecule has 0 aliphatic heterocycles. The minimum absolute atomic E-state index is 0.0560. The van der Waals surface area contributed by atoms with E-state index in [2.05, 4.69) is 81.2 Å². The van der Waals surface area contributed by atoms with E-state index in [0.717, 1.165) is 24.2 Å². The summed E-state index contributed by atoms with van der Waals surface area (Å²) in [6.45, 7) is 13.5. The Morgan fingerprint density at radius 1 is 0.885 bits per heavy atom. The Morgan fingerprint density at radius 2 is 1.42 bits per heavy atom. The van der Waals surface area contributed by atoms with Crippen molar-refractivity contribution in [1.82, 2.24) is 5.32 Å². The van der Waals surface area contributed by atoms with Gasteiger partial charge in [-0.25, -0.2) is 0 Å². The smallest absolute Gasteiger partial charge is 0.224 e. The summed E-state index contributed by atoms with van der Waals surface area (Å²) in [6.07, 6.45) is 0.415. The average Bonchev–Trinajstić information content (AvgIpc) is 2.62. The number of carbonyl (C=O) groups is 1. The van der Waals surface area contributed by atoms with Crippen LogP contribution in [0.5, 0.6) is 0 Å². The van der Waals surface area contributed by atoms with Crippen LogP contribution in [0.15, 0.2) is 48.5 Å². The van der Waals surface area contributed by atoms with Crippen LogP contribution in [0.3, 0.4) is 0 Å². The molecule has 0 saturated carbocycles. The zero-order valence-corrected chi connectivity index (χ0v) is 16.8. The van der Waals surface area contributed by atoms with E-state index in [-0.39, 0.29) is 11.3 Å². The van der Waals surface area contributed by atoms with Gasteiger partial charge in [0.15, 0.2) is 0 Å². The maximum absolute atomic E-state index is 12.2. The average molecular weight is 353 g/mol. The molecule has 3 heteroatoms. The second-order valence-electron chi connectivity index (χ2n) is 7.74. The summed E-state index contributed by atoms with van der Waals surface area (Å²) in [7, 11) is 0. The molecule has 0 spiro atoms. The third kappa shape index (κ3) is 5.62. The number of rotatable bonds is 7. The Labute approximate surface area is 158 Å². The number of hydrogen-bond donors (Lipinski definition) is 1. The first-order chi connectivity index (χ1) is 12.3. The summed E-state index contributed by atoms with van der Waals surface area (Å²) >= 11 is 0. The van der Waals surface area contributed by atoms with E-state index in [1.165, 1.54) is 11.3 Å². The third-order valence-electron chi connectivity index (χ3n) is 4.74. The molecule has 3 nitrogen and oxygen atoms in total.